The Balaban J connectivity index is 1.36. The SMILES string of the molecule is Cc1nc2cc(=O)[nH]n2c(C)c1CCC(=O)NCCn1ccc2ccc(Cl)cc21. The third kappa shape index (κ3) is 3.91. The Morgan fingerprint density at radius 2 is 2.07 bits per heavy atom. The van der Waals surface area contributed by atoms with Crippen LogP contribution in [0.15, 0.2) is 41.3 Å². The first-order valence-corrected chi connectivity index (χ1v) is 9.89. The Morgan fingerprint density at radius 1 is 1.24 bits per heavy atom. The van der Waals surface area contributed by atoms with Crippen molar-refractivity contribution in [3.63, 3.8) is 0 Å². The second kappa shape index (κ2) is 7.75. The number of hydrogen-bond donors (Lipinski definition) is 2. The second-order valence-corrected chi connectivity index (χ2v) is 7.57. The molecule has 1 aromatic carbocycles. The average molecular weight is 412 g/mol. The van der Waals surface area contributed by atoms with Gasteiger partial charge in [-0.15, -0.1) is 0 Å². The van der Waals surface area contributed by atoms with Crippen LogP contribution in [-0.2, 0) is 17.8 Å². The summed E-state index contributed by atoms with van der Waals surface area (Å²) >= 11 is 6.09. The molecule has 0 unspecified atom stereocenters. The van der Waals surface area contributed by atoms with E-state index in [-0.39, 0.29) is 11.5 Å². The number of carbonyl (C=O) groups excluding carboxylic acids is 1. The highest BCUT2D eigenvalue weighted by atomic mass is 35.5. The number of aromatic amines is 1. The molecule has 0 aliphatic rings. The maximum absolute atomic E-state index is 12.3. The van der Waals surface area contributed by atoms with E-state index in [0.29, 0.717) is 36.6 Å². The predicted molar refractivity (Wildman–Crippen MR) is 114 cm³/mol. The van der Waals surface area contributed by atoms with Crippen LogP contribution >= 0.6 is 11.6 Å². The van der Waals surface area contributed by atoms with Crippen LogP contribution in [0.2, 0.25) is 5.02 Å². The van der Waals surface area contributed by atoms with E-state index in [4.69, 9.17) is 11.6 Å². The van der Waals surface area contributed by atoms with Gasteiger partial charge in [0.25, 0.3) is 5.56 Å². The van der Waals surface area contributed by atoms with Gasteiger partial charge in [-0.25, -0.2) is 9.50 Å². The molecule has 0 bridgehead atoms. The maximum atomic E-state index is 12.3. The molecule has 4 rings (SSSR count). The Bertz CT molecular complexity index is 1270. The lowest BCUT2D eigenvalue weighted by Crippen LogP contribution is -2.27. The average Bonchev–Trinajstić information content (AvgIpc) is 3.24. The fraction of sp³-hybridized carbons (Fsp3) is 0.286. The molecular weight excluding hydrogens is 390 g/mol. The third-order valence-electron chi connectivity index (χ3n) is 5.22. The fourth-order valence-electron chi connectivity index (χ4n) is 3.71. The van der Waals surface area contributed by atoms with E-state index >= 15 is 0 Å². The predicted octanol–water partition coefficient (Wildman–Crippen LogP) is 3.00. The topological polar surface area (TPSA) is 84.2 Å². The van der Waals surface area contributed by atoms with Crippen molar-refractivity contribution >= 4 is 34.1 Å². The lowest BCUT2D eigenvalue weighted by Gasteiger charge is -2.12. The highest BCUT2D eigenvalue weighted by Gasteiger charge is 2.12. The van der Waals surface area contributed by atoms with Crippen LogP contribution in [0.5, 0.6) is 0 Å². The quantitative estimate of drug-likeness (QED) is 0.511. The molecule has 0 atom stereocenters. The number of amides is 1. The molecule has 150 valence electrons. The van der Waals surface area contributed by atoms with Crippen molar-refractivity contribution in [3.8, 4) is 0 Å². The molecule has 4 aromatic rings. The zero-order chi connectivity index (χ0) is 20.5. The number of rotatable bonds is 6. The minimum Gasteiger partial charge on any atom is -0.354 e. The molecule has 0 radical (unpaired) electrons. The summed E-state index contributed by atoms with van der Waals surface area (Å²) in [6, 6.07) is 9.29. The summed E-state index contributed by atoms with van der Waals surface area (Å²) in [7, 11) is 0. The molecule has 1 amide bonds. The van der Waals surface area contributed by atoms with E-state index in [2.05, 4.69) is 20.0 Å². The van der Waals surface area contributed by atoms with Crippen LogP contribution < -0.4 is 10.9 Å². The van der Waals surface area contributed by atoms with Gasteiger partial charge in [0, 0.05) is 53.7 Å². The van der Waals surface area contributed by atoms with E-state index in [9.17, 15) is 9.59 Å². The molecule has 0 aliphatic heterocycles. The number of nitrogens with zero attached hydrogens (tertiary/aromatic N) is 3. The largest absolute Gasteiger partial charge is 0.354 e. The Hall–Kier alpha value is -3.06. The van der Waals surface area contributed by atoms with Gasteiger partial charge in [0.2, 0.25) is 5.91 Å². The van der Waals surface area contributed by atoms with Crippen LogP contribution in [0, 0.1) is 13.8 Å². The third-order valence-corrected chi connectivity index (χ3v) is 5.45. The van der Waals surface area contributed by atoms with Crippen LogP contribution in [0.25, 0.3) is 16.6 Å². The van der Waals surface area contributed by atoms with Gasteiger partial charge in [-0.05, 0) is 49.4 Å². The molecule has 3 heterocycles. The van der Waals surface area contributed by atoms with Crippen molar-refractivity contribution in [2.24, 2.45) is 0 Å². The highest BCUT2D eigenvalue weighted by Crippen LogP contribution is 2.20. The van der Waals surface area contributed by atoms with Crippen molar-refractivity contribution in [3.05, 3.63) is 68.9 Å². The van der Waals surface area contributed by atoms with Gasteiger partial charge in [-0.1, -0.05) is 17.7 Å². The van der Waals surface area contributed by atoms with Gasteiger partial charge < -0.3 is 9.88 Å². The van der Waals surface area contributed by atoms with Gasteiger partial charge in [-0.3, -0.25) is 14.7 Å². The second-order valence-electron chi connectivity index (χ2n) is 7.14. The minimum atomic E-state index is -0.186. The zero-order valence-electron chi connectivity index (χ0n) is 16.3. The molecule has 8 heteroatoms. The number of carbonyl (C=O) groups is 1. The summed E-state index contributed by atoms with van der Waals surface area (Å²) in [6.45, 7) is 5.04. The summed E-state index contributed by atoms with van der Waals surface area (Å²) in [5, 5.41) is 7.53. The summed E-state index contributed by atoms with van der Waals surface area (Å²) in [4.78, 5) is 28.3. The summed E-state index contributed by atoms with van der Waals surface area (Å²) in [6.07, 6.45) is 2.92. The number of hydrogen-bond acceptors (Lipinski definition) is 3. The first-order chi connectivity index (χ1) is 13.9. The van der Waals surface area contributed by atoms with Crippen LogP contribution in [0.3, 0.4) is 0 Å². The molecule has 0 spiro atoms. The lowest BCUT2D eigenvalue weighted by molar-refractivity contribution is -0.121. The molecule has 0 fully saturated rings. The molecule has 7 nitrogen and oxygen atoms in total. The number of halogens is 1. The van der Waals surface area contributed by atoms with Crippen molar-refractivity contribution in [1.29, 1.82) is 0 Å². The number of aromatic nitrogens is 4. The molecule has 29 heavy (non-hydrogen) atoms. The first-order valence-electron chi connectivity index (χ1n) is 9.51. The molecule has 0 aliphatic carbocycles. The van der Waals surface area contributed by atoms with E-state index < -0.39 is 0 Å². The van der Waals surface area contributed by atoms with Crippen LogP contribution in [0.1, 0.15) is 23.4 Å². The van der Waals surface area contributed by atoms with Gasteiger partial charge in [0.15, 0.2) is 5.65 Å². The molecule has 3 aromatic heterocycles. The molecular formula is C21H22ClN5O2. The van der Waals surface area contributed by atoms with E-state index in [1.54, 1.807) is 4.52 Å². The highest BCUT2D eigenvalue weighted by molar-refractivity contribution is 6.31. The summed E-state index contributed by atoms with van der Waals surface area (Å²) in [5.74, 6) is -0.0145. The number of nitrogens with one attached hydrogen (secondary N) is 2. The minimum absolute atomic E-state index is 0.0145. The lowest BCUT2D eigenvalue weighted by atomic mass is 10.1. The smallest absolute Gasteiger partial charge is 0.266 e. The van der Waals surface area contributed by atoms with Crippen LogP contribution in [0.4, 0.5) is 0 Å². The molecule has 2 N–H and O–H groups in total. The van der Waals surface area contributed by atoms with Crippen LogP contribution in [-0.4, -0.2) is 31.6 Å². The summed E-state index contributed by atoms with van der Waals surface area (Å²) in [5.41, 5.74) is 4.18. The summed E-state index contributed by atoms with van der Waals surface area (Å²) < 4.78 is 3.75. The van der Waals surface area contributed by atoms with E-state index in [1.807, 2.05) is 44.3 Å². The monoisotopic (exact) mass is 411 g/mol. The first kappa shape index (κ1) is 19.3. The molecule has 0 saturated carbocycles. The van der Waals surface area contributed by atoms with Gasteiger partial charge in [0.05, 0.1) is 0 Å². The Morgan fingerprint density at radius 3 is 2.90 bits per heavy atom. The van der Waals surface area contributed by atoms with Crippen molar-refractivity contribution < 1.29 is 4.79 Å². The number of H-pyrrole nitrogens is 1. The number of benzene rings is 1. The fourth-order valence-corrected chi connectivity index (χ4v) is 3.88. The van der Waals surface area contributed by atoms with Crippen molar-refractivity contribution in [2.75, 3.05) is 6.54 Å². The number of aryl methyl sites for hydroxylation is 2. The zero-order valence-corrected chi connectivity index (χ0v) is 17.1. The molecule has 0 saturated heterocycles. The normalized spacial score (nSPS) is 11.4. The van der Waals surface area contributed by atoms with Gasteiger partial charge in [-0.2, -0.15) is 0 Å². The maximum Gasteiger partial charge on any atom is 0.266 e. The van der Waals surface area contributed by atoms with Crippen molar-refractivity contribution in [2.45, 2.75) is 33.2 Å². The Kier molecular flexibility index (Phi) is 5.15. The van der Waals surface area contributed by atoms with E-state index in [1.165, 1.54) is 6.07 Å². The van der Waals surface area contributed by atoms with Crippen molar-refractivity contribution in [1.82, 2.24) is 24.5 Å². The van der Waals surface area contributed by atoms with Gasteiger partial charge in [0.1, 0.15) is 0 Å². The van der Waals surface area contributed by atoms with E-state index in [0.717, 1.165) is 27.9 Å². The van der Waals surface area contributed by atoms with Gasteiger partial charge >= 0.3 is 0 Å². The number of fused-ring (bicyclic) bond motifs is 2. The Labute approximate surface area is 172 Å². The standard InChI is InChI=1S/C21H22ClN5O2/c1-13-17(14(2)27-19(24-13)12-21(29)25-27)5-6-20(28)23-8-10-26-9-7-15-3-4-16(22)11-18(15)26/h3-4,7,9,11-12H,5-6,8,10H2,1-2H3,(H,23,28)(H,25,29).